The SMILES string of the molecule is CC(NC(=O)Cc1nc2ccccc2o1)c1nncn1C. The smallest absolute Gasteiger partial charge is 0.229 e. The summed E-state index contributed by atoms with van der Waals surface area (Å²) < 4.78 is 7.30. The molecule has 2 aromatic heterocycles. The van der Waals surface area contributed by atoms with Gasteiger partial charge in [-0.3, -0.25) is 4.79 Å². The molecule has 1 amide bonds. The maximum absolute atomic E-state index is 12.0. The van der Waals surface area contributed by atoms with E-state index in [1.807, 2.05) is 38.2 Å². The highest BCUT2D eigenvalue weighted by molar-refractivity contribution is 5.79. The highest BCUT2D eigenvalue weighted by atomic mass is 16.3. The number of amides is 1. The molecule has 1 aromatic carbocycles. The van der Waals surface area contributed by atoms with Crippen LogP contribution in [0.25, 0.3) is 11.1 Å². The predicted octanol–water partition coefficient (Wildman–Crippen LogP) is 1.38. The summed E-state index contributed by atoms with van der Waals surface area (Å²) >= 11 is 0. The highest BCUT2D eigenvalue weighted by Crippen LogP contribution is 2.15. The Bertz CT molecular complexity index is 743. The fourth-order valence-corrected chi connectivity index (χ4v) is 2.17. The van der Waals surface area contributed by atoms with Crippen molar-refractivity contribution < 1.29 is 9.21 Å². The molecule has 0 radical (unpaired) electrons. The number of hydrogen-bond donors (Lipinski definition) is 1. The second-order valence-corrected chi connectivity index (χ2v) is 4.84. The van der Waals surface area contributed by atoms with E-state index in [9.17, 15) is 4.79 Å². The third-order valence-electron chi connectivity index (χ3n) is 3.16. The lowest BCUT2D eigenvalue weighted by molar-refractivity contribution is -0.121. The number of fused-ring (bicyclic) bond motifs is 1. The maximum atomic E-state index is 12.0. The van der Waals surface area contributed by atoms with Gasteiger partial charge in [0.05, 0.1) is 6.04 Å². The minimum absolute atomic E-state index is 0.0941. The molecule has 108 valence electrons. The van der Waals surface area contributed by atoms with Gasteiger partial charge in [0, 0.05) is 7.05 Å². The van der Waals surface area contributed by atoms with Crippen molar-refractivity contribution in [3.05, 3.63) is 42.3 Å². The molecule has 0 fully saturated rings. The first-order valence-electron chi connectivity index (χ1n) is 6.61. The summed E-state index contributed by atoms with van der Waals surface area (Å²) in [5.74, 6) is 0.928. The number of rotatable bonds is 4. The molecule has 0 aliphatic heterocycles. The Labute approximate surface area is 121 Å². The Balaban J connectivity index is 1.67. The fourth-order valence-electron chi connectivity index (χ4n) is 2.17. The van der Waals surface area contributed by atoms with Crippen LogP contribution in [0.2, 0.25) is 0 Å². The first-order chi connectivity index (χ1) is 10.1. The number of aromatic nitrogens is 4. The lowest BCUT2D eigenvalue weighted by atomic mass is 10.3. The summed E-state index contributed by atoms with van der Waals surface area (Å²) in [6.07, 6.45) is 1.69. The summed E-state index contributed by atoms with van der Waals surface area (Å²) in [5.41, 5.74) is 1.43. The predicted molar refractivity (Wildman–Crippen MR) is 75.3 cm³/mol. The number of carbonyl (C=O) groups is 1. The molecule has 0 saturated carbocycles. The van der Waals surface area contributed by atoms with Crippen LogP contribution in [0.15, 0.2) is 35.0 Å². The average Bonchev–Trinajstić information content (AvgIpc) is 3.03. The van der Waals surface area contributed by atoms with Crippen molar-refractivity contribution in [2.75, 3.05) is 0 Å². The van der Waals surface area contributed by atoms with Crippen LogP contribution in [0.4, 0.5) is 0 Å². The molecule has 1 atom stereocenters. The number of hydrogen-bond acceptors (Lipinski definition) is 5. The minimum atomic E-state index is -0.227. The summed E-state index contributed by atoms with van der Waals surface area (Å²) in [5, 5.41) is 10.6. The molecule has 2 heterocycles. The van der Waals surface area contributed by atoms with Crippen molar-refractivity contribution >= 4 is 17.0 Å². The topological polar surface area (TPSA) is 85.8 Å². The highest BCUT2D eigenvalue weighted by Gasteiger charge is 2.16. The van der Waals surface area contributed by atoms with Gasteiger partial charge in [-0.1, -0.05) is 12.1 Å². The maximum Gasteiger partial charge on any atom is 0.229 e. The van der Waals surface area contributed by atoms with Crippen LogP contribution in [0, 0.1) is 0 Å². The molecule has 3 rings (SSSR count). The molecule has 0 aliphatic carbocycles. The van der Waals surface area contributed by atoms with Crippen LogP contribution in [0.1, 0.15) is 24.7 Å². The lowest BCUT2D eigenvalue weighted by Gasteiger charge is -2.11. The van der Waals surface area contributed by atoms with Crippen LogP contribution in [-0.4, -0.2) is 25.7 Å². The zero-order valence-corrected chi connectivity index (χ0v) is 11.8. The second kappa shape index (κ2) is 5.35. The van der Waals surface area contributed by atoms with Crippen molar-refractivity contribution in [3.8, 4) is 0 Å². The Hall–Kier alpha value is -2.70. The molecule has 0 aliphatic rings. The minimum Gasteiger partial charge on any atom is -0.440 e. The third kappa shape index (κ3) is 2.76. The van der Waals surface area contributed by atoms with E-state index in [-0.39, 0.29) is 18.4 Å². The van der Waals surface area contributed by atoms with Gasteiger partial charge in [-0.15, -0.1) is 10.2 Å². The van der Waals surface area contributed by atoms with Crippen LogP contribution in [-0.2, 0) is 18.3 Å². The van der Waals surface area contributed by atoms with Gasteiger partial charge in [0.15, 0.2) is 11.4 Å². The van der Waals surface area contributed by atoms with E-state index in [0.29, 0.717) is 17.3 Å². The Kier molecular flexibility index (Phi) is 3.39. The van der Waals surface area contributed by atoms with E-state index in [1.54, 1.807) is 10.9 Å². The molecular formula is C14H15N5O2. The quantitative estimate of drug-likeness (QED) is 0.782. The van der Waals surface area contributed by atoms with E-state index in [4.69, 9.17) is 4.42 Å². The number of para-hydroxylation sites is 2. The number of nitrogens with zero attached hydrogens (tertiary/aromatic N) is 4. The summed E-state index contributed by atoms with van der Waals surface area (Å²) in [6.45, 7) is 1.86. The van der Waals surface area contributed by atoms with E-state index in [2.05, 4.69) is 20.5 Å². The van der Waals surface area contributed by atoms with Gasteiger partial charge in [0.25, 0.3) is 0 Å². The third-order valence-corrected chi connectivity index (χ3v) is 3.16. The normalized spacial score (nSPS) is 12.5. The molecule has 7 nitrogen and oxygen atoms in total. The largest absolute Gasteiger partial charge is 0.440 e. The number of benzene rings is 1. The Morgan fingerprint density at radius 2 is 2.24 bits per heavy atom. The Morgan fingerprint density at radius 1 is 1.43 bits per heavy atom. The molecule has 1 unspecified atom stereocenters. The van der Waals surface area contributed by atoms with E-state index in [1.165, 1.54) is 0 Å². The summed E-state index contributed by atoms with van der Waals surface area (Å²) in [7, 11) is 1.83. The van der Waals surface area contributed by atoms with Crippen molar-refractivity contribution in [1.82, 2.24) is 25.1 Å². The van der Waals surface area contributed by atoms with Gasteiger partial charge < -0.3 is 14.3 Å². The van der Waals surface area contributed by atoms with Gasteiger partial charge in [-0.2, -0.15) is 0 Å². The van der Waals surface area contributed by atoms with Crippen molar-refractivity contribution in [2.45, 2.75) is 19.4 Å². The van der Waals surface area contributed by atoms with Gasteiger partial charge >= 0.3 is 0 Å². The van der Waals surface area contributed by atoms with Crippen molar-refractivity contribution in [1.29, 1.82) is 0 Å². The molecule has 0 spiro atoms. The van der Waals surface area contributed by atoms with Crippen LogP contribution in [0.5, 0.6) is 0 Å². The number of oxazole rings is 1. The summed E-state index contributed by atoms with van der Waals surface area (Å²) in [6, 6.07) is 7.20. The first kappa shape index (κ1) is 13.3. The molecule has 1 N–H and O–H groups in total. The standard InChI is InChI=1S/C14H15N5O2/c1-9(14-18-15-8-19(14)2)16-12(20)7-13-17-10-5-3-4-6-11(10)21-13/h3-6,8-9H,7H2,1-2H3,(H,16,20). The van der Waals surface area contributed by atoms with Crippen LogP contribution < -0.4 is 5.32 Å². The molecule has 7 heteroatoms. The van der Waals surface area contributed by atoms with Gasteiger partial charge in [0.1, 0.15) is 18.3 Å². The molecular weight excluding hydrogens is 270 g/mol. The van der Waals surface area contributed by atoms with Gasteiger partial charge in [-0.05, 0) is 19.1 Å². The van der Waals surface area contributed by atoms with Gasteiger partial charge in [0.2, 0.25) is 11.8 Å². The monoisotopic (exact) mass is 285 g/mol. The van der Waals surface area contributed by atoms with Gasteiger partial charge in [-0.25, -0.2) is 4.98 Å². The van der Waals surface area contributed by atoms with Crippen molar-refractivity contribution in [2.24, 2.45) is 7.05 Å². The number of aryl methyl sites for hydroxylation is 1. The number of nitrogens with one attached hydrogen (secondary N) is 1. The zero-order valence-electron chi connectivity index (χ0n) is 11.8. The average molecular weight is 285 g/mol. The molecule has 3 aromatic rings. The Morgan fingerprint density at radius 3 is 2.95 bits per heavy atom. The zero-order chi connectivity index (χ0) is 14.8. The van der Waals surface area contributed by atoms with E-state index < -0.39 is 0 Å². The molecule has 0 bridgehead atoms. The van der Waals surface area contributed by atoms with Crippen molar-refractivity contribution in [3.63, 3.8) is 0 Å². The first-order valence-corrected chi connectivity index (χ1v) is 6.61. The molecule has 0 saturated heterocycles. The van der Waals surface area contributed by atoms with E-state index in [0.717, 1.165) is 5.52 Å². The summed E-state index contributed by atoms with van der Waals surface area (Å²) in [4.78, 5) is 16.3. The van der Waals surface area contributed by atoms with Crippen LogP contribution >= 0.6 is 0 Å². The molecule has 21 heavy (non-hydrogen) atoms. The lowest BCUT2D eigenvalue weighted by Crippen LogP contribution is -2.29. The number of carbonyl (C=O) groups excluding carboxylic acids is 1. The fraction of sp³-hybridized carbons (Fsp3) is 0.286. The van der Waals surface area contributed by atoms with E-state index >= 15 is 0 Å². The second-order valence-electron chi connectivity index (χ2n) is 4.84. The van der Waals surface area contributed by atoms with Crippen LogP contribution in [0.3, 0.4) is 0 Å².